The summed E-state index contributed by atoms with van der Waals surface area (Å²) in [4.78, 5) is 15.4. The van der Waals surface area contributed by atoms with Gasteiger partial charge in [-0.05, 0) is 35.0 Å². The van der Waals surface area contributed by atoms with E-state index in [1.807, 2.05) is 0 Å². The number of carbonyl (C=O) groups is 1. The van der Waals surface area contributed by atoms with Crippen molar-refractivity contribution in [2.45, 2.75) is 12.5 Å². The third-order valence-corrected chi connectivity index (χ3v) is 2.50. The van der Waals surface area contributed by atoms with Crippen molar-refractivity contribution >= 4 is 21.9 Å². The average Bonchev–Trinajstić information content (AvgIpc) is 2.17. The predicted molar refractivity (Wildman–Crippen MR) is 55.5 cm³/mol. The van der Waals surface area contributed by atoms with Crippen molar-refractivity contribution in [3.63, 3.8) is 0 Å². The number of esters is 1. The number of hydrogen-bond acceptors (Lipinski definition) is 4. The Morgan fingerprint density at radius 1 is 1.71 bits per heavy atom. The molecule has 0 aliphatic carbocycles. The molecule has 0 spiro atoms. The lowest BCUT2D eigenvalue weighted by Gasteiger charge is -2.21. The molecule has 0 saturated carbocycles. The number of nitrogens with zero attached hydrogens (tertiary/aromatic N) is 1. The van der Waals surface area contributed by atoms with Crippen LogP contribution in [0.4, 0.5) is 0 Å². The van der Waals surface area contributed by atoms with E-state index in [-0.39, 0.29) is 0 Å². The van der Waals surface area contributed by atoms with Gasteiger partial charge >= 0.3 is 5.97 Å². The Labute approximate surface area is 90.6 Å². The molecule has 0 aliphatic rings. The van der Waals surface area contributed by atoms with E-state index in [9.17, 15) is 4.79 Å². The molecule has 0 amide bonds. The quantitative estimate of drug-likeness (QED) is 0.810. The lowest BCUT2D eigenvalue weighted by molar-refractivity contribution is -0.146. The van der Waals surface area contributed by atoms with Crippen molar-refractivity contribution in [1.29, 1.82) is 0 Å². The lowest BCUT2D eigenvalue weighted by atomic mass is 9.99. The highest BCUT2D eigenvalue weighted by Gasteiger charge is 2.34. The van der Waals surface area contributed by atoms with Gasteiger partial charge in [-0.3, -0.25) is 4.98 Å². The first kappa shape index (κ1) is 11.1. The van der Waals surface area contributed by atoms with Gasteiger partial charge in [-0.1, -0.05) is 0 Å². The van der Waals surface area contributed by atoms with Gasteiger partial charge in [0, 0.05) is 10.7 Å². The van der Waals surface area contributed by atoms with E-state index in [1.165, 1.54) is 7.11 Å². The normalized spacial score (nSPS) is 14.6. The summed E-state index contributed by atoms with van der Waals surface area (Å²) in [5, 5.41) is 0. The Balaban J connectivity index is 3.16. The van der Waals surface area contributed by atoms with Crippen LogP contribution in [0.5, 0.6) is 0 Å². The number of aromatic nitrogens is 1. The van der Waals surface area contributed by atoms with Gasteiger partial charge in [-0.25, -0.2) is 4.79 Å². The zero-order chi connectivity index (χ0) is 10.8. The zero-order valence-corrected chi connectivity index (χ0v) is 9.54. The molecule has 14 heavy (non-hydrogen) atoms. The van der Waals surface area contributed by atoms with Crippen molar-refractivity contribution in [3.05, 3.63) is 28.5 Å². The summed E-state index contributed by atoms with van der Waals surface area (Å²) in [5.74, 6) is -0.517. The molecule has 0 unspecified atom stereocenters. The van der Waals surface area contributed by atoms with Gasteiger partial charge < -0.3 is 10.5 Å². The van der Waals surface area contributed by atoms with E-state index < -0.39 is 11.5 Å². The number of rotatable bonds is 2. The summed E-state index contributed by atoms with van der Waals surface area (Å²) in [6.07, 6.45) is 1.58. The number of nitrogens with two attached hydrogens (primary N) is 1. The predicted octanol–water partition coefficient (Wildman–Crippen LogP) is 1.19. The minimum atomic E-state index is -1.23. The molecule has 0 aliphatic heterocycles. The number of carbonyl (C=O) groups excluding carboxylic acids is 1. The van der Waals surface area contributed by atoms with Crippen molar-refractivity contribution in [2.24, 2.45) is 5.73 Å². The van der Waals surface area contributed by atoms with Gasteiger partial charge in [0.25, 0.3) is 0 Å². The third kappa shape index (κ3) is 1.93. The van der Waals surface area contributed by atoms with Gasteiger partial charge in [0.2, 0.25) is 0 Å². The maximum absolute atomic E-state index is 11.4. The van der Waals surface area contributed by atoms with Crippen LogP contribution in [0.2, 0.25) is 0 Å². The van der Waals surface area contributed by atoms with E-state index in [2.05, 4.69) is 25.7 Å². The third-order valence-electron chi connectivity index (χ3n) is 1.86. The first-order valence-corrected chi connectivity index (χ1v) is 4.77. The van der Waals surface area contributed by atoms with Gasteiger partial charge in [-0.15, -0.1) is 0 Å². The fraction of sp³-hybridized carbons (Fsp3) is 0.333. The molecule has 0 fully saturated rings. The van der Waals surface area contributed by atoms with Gasteiger partial charge in [0.05, 0.1) is 12.8 Å². The molecule has 5 heteroatoms. The summed E-state index contributed by atoms with van der Waals surface area (Å²) in [5.41, 5.74) is 5.06. The van der Waals surface area contributed by atoms with E-state index in [0.29, 0.717) is 10.2 Å². The summed E-state index contributed by atoms with van der Waals surface area (Å²) >= 11 is 3.28. The zero-order valence-electron chi connectivity index (χ0n) is 7.95. The van der Waals surface area contributed by atoms with Crippen LogP contribution in [0.3, 0.4) is 0 Å². The molecule has 1 rings (SSSR count). The Kier molecular flexibility index (Phi) is 3.23. The first-order valence-electron chi connectivity index (χ1n) is 3.98. The fourth-order valence-corrected chi connectivity index (χ4v) is 1.74. The number of ether oxygens (including phenoxy) is 1. The summed E-state index contributed by atoms with van der Waals surface area (Å²) in [7, 11) is 1.30. The maximum Gasteiger partial charge on any atom is 0.331 e. The molecular formula is C9H11BrN2O2. The molecule has 0 aromatic carbocycles. The molecule has 1 aromatic heterocycles. The van der Waals surface area contributed by atoms with Crippen LogP contribution < -0.4 is 5.73 Å². The van der Waals surface area contributed by atoms with Crippen LogP contribution >= 0.6 is 15.9 Å². The van der Waals surface area contributed by atoms with Crippen molar-refractivity contribution in [1.82, 2.24) is 4.98 Å². The van der Waals surface area contributed by atoms with Crippen molar-refractivity contribution < 1.29 is 9.53 Å². The highest BCUT2D eigenvalue weighted by molar-refractivity contribution is 9.10. The molecule has 4 nitrogen and oxygen atoms in total. The van der Waals surface area contributed by atoms with Crippen LogP contribution in [-0.2, 0) is 15.1 Å². The number of pyridine rings is 1. The summed E-state index contributed by atoms with van der Waals surface area (Å²) < 4.78 is 5.29. The minimum absolute atomic E-state index is 0.465. The summed E-state index contributed by atoms with van der Waals surface area (Å²) in [6, 6.07) is 3.53. The second-order valence-corrected chi connectivity index (χ2v) is 3.88. The smallest absolute Gasteiger partial charge is 0.331 e. The second-order valence-electron chi connectivity index (χ2n) is 3.03. The standard InChI is InChI=1S/C9H11BrN2O2/c1-9(11,8(13)14-2)7-6(10)4-3-5-12-7/h3-5H,11H2,1-2H3/t9-/m0/s1. The van der Waals surface area contributed by atoms with Crippen LogP contribution in [-0.4, -0.2) is 18.1 Å². The SMILES string of the molecule is COC(=O)[C@@](C)(N)c1ncccc1Br. The van der Waals surface area contributed by atoms with E-state index in [4.69, 9.17) is 5.73 Å². The number of methoxy groups -OCH3 is 1. The number of hydrogen-bond donors (Lipinski definition) is 1. The van der Waals surface area contributed by atoms with Crippen LogP contribution in [0.1, 0.15) is 12.6 Å². The second kappa shape index (κ2) is 4.06. The summed E-state index contributed by atoms with van der Waals surface area (Å²) in [6.45, 7) is 1.56. The average molecular weight is 259 g/mol. The monoisotopic (exact) mass is 258 g/mol. The van der Waals surface area contributed by atoms with E-state index in [0.717, 1.165) is 0 Å². The molecule has 1 atom stereocenters. The Morgan fingerprint density at radius 3 is 2.86 bits per heavy atom. The molecule has 1 aromatic rings. The molecule has 0 saturated heterocycles. The molecule has 0 bridgehead atoms. The minimum Gasteiger partial charge on any atom is -0.467 e. The Bertz CT molecular complexity index is 352. The molecule has 2 N–H and O–H groups in total. The fourth-order valence-electron chi connectivity index (χ4n) is 1.08. The number of halogens is 1. The topological polar surface area (TPSA) is 65.2 Å². The lowest BCUT2D eigenvalue weighted by Crippen LogP contribution is -2.43. The largest absolute Gasteiger partial charge is 0.467 e. The van der Waals surface area contributed by atoms with Gasteiger partial charge in [0.15, 0.2) is 5.54 Å². The molecule has 0 radical (unpaired) electrons. The first-order chi connectivity index (χ1) is 6.50. The van der Waals surface area contributed by atoms with E-state index in [1.54, 1.807) is 25.3 Å². The van der Waals surface area contributed by atoms with Gasteiger partial charge in [0.1, 0.15) is 0 Å². The highest BCUT2D eigenvalue weighted by Crippen LogP contribution is 2.24. The highest BCUT2D eigenvalue weighted by atomic mass is 79.9. The van der Waals surface area contributed by atoms with Crippen molar-refractivity contribution in [2.75, 3.05) is 7.11 Å². The Hall–Kier alpha value is -0.940. The van der Waals surface area contributed by atoms with E-state index >= 15 is 0 Å². The van der Waals surface area contributed by atoms with Crippen molar-refractivity contribution in [3.8, 4) is 0 Å². The molecular weight excluding hydrogens is 248 g/mol. The Morgan fingerprint density at radius 2 is 2.36 bits per heavy atom. The maximum atomic E-state index is 11.4. The van der Waals surface area contributed by atoms with Crippen LogP contribution in [0.25, 0.3) is 0 Å². The van der Waals surface area contributed by atoms with Crippen LogP contribution in [0, 0.1) is 0 Å². The van der Waals surface area contributed by atoms with Gasteiger partial charge in [-0.2, -0.15) is 0 Å². The molecule has 1 heterocycles. The van der Waals surface area contributed by atoms with Crippen LogP contribution in [0.15, 0.2) is 22.8 Å². The molecule has 76 valence electrons.